The molecule has 1 saturated heterocycles. The van der Waals surface area contributed by atoms with E-state index in [1.807, 2.05) is 26.1 Å². The molecule has 2 aromatic rings. The Morgan fingerprint density at radius 1 is 1.07 bits per heavy atom. The summed E-state index contributed by atoms with van der Waals surface area (Å²) in [6.07, 6.45) is 0.968. The van der Waals surface area contributed by atoms with Gasteiger partial charge in [0.1, 0.15) is 0 Å². The SMILES string of the molecule is CCc1ccc([C@@H](C)NC(=O)c2cccc(S(=O)(=O)N3CCN(C)CC3)c2)cc1. The number of sulfonamides is 1. The average molecular weight is 416 g/mol. The second kappa shape index (κ2) is 9.07. The zero-order valence-corrected chi connectivity index (χ0v) is 18.1. The third-order valence-corrected chi connectivity index (χ3v) is 7.33. The number of amides is 1. The van der Waals surface area contributed by atoms with Crippen LogP contribution in [0.25, 0.3) is 0 Å². The fraction of sp³-hybridized carbons (Fsp3) is 0.409. The molecule has 1 heterocycles. The molecule has 1 amide bonds. The summed E-state index contributed by atoms with van der Waals surface area (Å²) < 4.78 is 27.4. The van der Waals surface area contributed by atoms with E-state index in [9.17, 15) is 13.2 Å². The molecule has 7 heteroatoms. The number of aryl methyl sites for hydroxylation is 1. The van der Waals surface area contributed by atoms with Gasteiger partial charge >= 0.3 is 0 Å². The van der Waals surface area contributed by atoms with Crippen molar-refractivity contribution in [2.45, 2.75) is 31.2 Å². The Morgan fingerprint density at radius 3 is 2.34 bits per heavy atom. The normalized spacial score (nSPS) is 17.1. The molecule has 0 bridgehead atoms. The van der Waals surface area contributed by atoms with E-state index in [4.69, 9.17) is 0 Å². The van der Waals surface area contributed by atoms with Crippen LogP contribution in [0, 0.1) is 0 Å². The quantitative estimate of drug-likeness (QED) is 0.788. The van der Waals surface area contributed by atoms with Crippen LogP contribution in [0.15, 0.2) is 53.4 Å². The Kier molecular flexibility index (Phi) is 6.72. The van der Waals surface area contributed by atoms with Crippen LogP contribution in [0.4, 0.5) is 0 Å². The highest BCUT2D eigenvalue weighted by Crippen LogP contribution is 2.20. The van der Waals surface area contributed by atoms with E-state index in [1.54, 1.807) is 18.2 Å². The van der Waals surface area contributed by atoms with Crippen molar-refractivity contribution in [3.63, 3.8) is 0 Å². The molecule has 0 spiro atoms. The van der Waals surface area contributed by atoms with E-state index in [0.717, 1.165) is 12.0 Å². The first kappa shape index (κ1) is 21.5. The van der Waals surface area contributed by atoms with Crippen LogP contribution in [-0.2, 0) is 16.4 Å². The summed E-state index contributed by atoms with van der Waals surface area (Å²) in [7, 11) is -1.63. The number of piperazine rings is 1. The van der Waals surface area contributed by atoms with Crippen molar-refractivity contribution in [2.24, 2.45) is 0 Å². The van der Waals surface area contributed by atoms with Gasteiger partial charge in [-0.1, -0.05) is 37.3 Å². The fourth-order valence-electron chi connectivity index (χ4n) is 3.38. The maximum Gasteiger partial charge on any atom is 0.251 e. The molecular weight excluding hydrogens is 386 g/mol. The van der Waals surface area contributed by atoms with Crippen LogP contribution in [-0.4, -0.2) is 56.8 Å². The molecular formula is C22H29N3O3S. The van der Waals surface area contributed by atoms with Crippen molar-refractivity contribution >= 4 is 15.9 Å². The number of benzene rings is 2. The van der Waals surface area contributed by atoms with Gasteiger partial charge in [-0.2, -0.15) is 4.31 Å². The first-order valence-corrected chi connectivity index (χ1v) is 11.4. The average Bonchev–Trinajstić information content (AvgIpc) is 2.74. The van der Waals surface area contributed by atoms with Gasteiger partial charge < -0.3 is 10.2 Å². The van der Waals surface area contributed by atoms with Crippen molar-refractivity contribution in [3.8, 4) is 0 Å². The Bertz CT molecular complexity index is 950. The number of nitrogens with one attached hydrogen (secondary N) is 1. The molecule has 0 aromatic heterocycles. The lowest BCUT2D eigenvalue weighted by atomic mass is 10.0. The maximum absolute atomic E-state index is 12.9. The van der Waals surface area contributed by atoms with Crippen molar-refractivity contribution in [2.75, 3.05) is 33.2 Å². The van der Waals surface area contributed by atoms with Crippen molar-refractivity contribution in [1.82, 2.24) is 14.5 Å². The third-order valence-electron chi connectivity index (χ3n) is 5.43. The highest BCUT2D eigenvalue weighted by Gasteiger charge is 2.28. The van der Waals surface area contributed by atoms with E-state index in [-0.39, 0.29) is 16.8 Å². The standard InChI is InChI=1S/C22H29N3O3S/c1-4-18-8-10-19(11-9-18)17(2)23-22(26)20-6-5-7-21(16-20)29(27,28)25-14-12-24(3)13-15-25/h5-11,16-17H,4,12-15H2,1-3H3,(H,23,26)/t17-/m1/s1. The second-order valence-electron chi connectivity index (χ2n) is 7.53. The van der Waals surface area contributed by atoms with Gasteiger partial charge in [-0.3, -0.25) is 4.79 Å². The van der Waals surface area contributed by atoms with Crippen LogP contribution in [0.3, 0.4) is 0 Å². The minimum Gasteiger partial charge on any atom is -0.346 e. The molecule has 156 valence electrons. The van der Waals surface area contributed by atoms with Crippen LogP contribution >= 0.6 is 0 Å². The van der Waals surface area contributed by atoms with Crippen molar-refractivity contribution < 1.29 is 13.2 Å². The van der Waals surface area contributed by atoms with E-state index >= 15 is 0 Å². The Labute approximate surface area is 173 Å². The van der Waals surface area contributed by atoms with E-state index in [0.29, 0.717) is 31.7 Å². The highest BCUT2D eigenvalue weighted by molar-refractivity contribution is 7.89. The summed E-state index contributed by atoms with van der Waals surface area (Å²) in [4.78, 5) is 15.0. The molecule has 0 radical (unpaired) electrons. The predicted molar refractivity (Wildman–Crippen MR) is 114 cm³/mol. The third kappa shape index (κ3) is 5.04. The van der Waals surface area contributed by atoms with Gasteiger partial charge in [0.25, 0.3) is 5.91 Å². The van der Waals surface area contributed by atoms with Gasteiger partial charge in [0.2, 0.25) is 10.0 Å². The monoisotopic (exact) mass is 415 g/mol. The molecule has 29 heavy (non-hydrogen) atoms. The van der Waals surface area contributed by atoms with Crippen LogP contribution in [0.5, 0.6) is 0 Å². The second-order valence-corrected chi connectivity index (χ2v) is 9.46. The molecule has 2 aromatic carbocycles. The number of rotatable bonds is 6. The van der Waals surface area contributed by atoms with Gasteiger partial charge in [-0.05, 0) is 49.7 Å². The largest absolute Gasteiger partial charge is 0.346 e. The van der Waals surface area contributed by atoms with Gasteiger partial charge in [0.15, 0.2) is 0 Å². The molecule has 1 atom stereocenters. The molecule has 6 nitrogen and oxygen atoms in total. The number of carbonyl (C=O) groups is 1. The molecule has 1 aliphatic rings. The molecule has 0 saturated carbocycles. The van der Waals surface area contributed by atoms with Crippen LogP contribution < -0.4 is 5.32 Å². The van der Waals surface area contributed by atoms with E-state index < -0.39 is 10.0 Å². The van der Waals surface area contributed by atoms with Crippen LogP contribution in [0.1, 0.15) is 41.4 Å². The van der Waals surface area contributed by atoms with E-state index in [2.05, 4.69) is 29.3 Å². The predicted octanol–water partition coefficient (Wildman–Crippen LogP) is 2.68. The fourth-order valence-corrected chi connectivity index (χ4v) is 4.85. The summed E-state index contributed by atoms with van der Waals surface area (Å²) >= 11 is 0. The summed E-state index contributed by atoms with van der Waals surface area (Å²) in [5.74, 6) is -0.285. The molecule has 0 aliphatic carbocycles. The maximum atomic E-state index is 12.9. The topological polar surface area (TPSA) is 69.7 Å². The molecule has 1 fully saturated rings. The molecule has 1 N–H and O–H groups in total. The minimum atomic E-state index is -3.60. The molecule has 3 rings (SSSR count). The number of hydrogen-bond donors (Lipinski definition) is 1. The van der Waals surface area contributed by atoms with E-state index in [1.165, 1.54) is 15.9 Å². The first-order chi connectivity index (χ1) is 13.8. The Hall–Kier alpha value is -2.22. The lowest BCUT2D eigenvalue weighted by molar-refractivity contribution is 0.0939. The lowest BCUT2D eigenvalue weighted by Crippen LogP contribution is -2.47. The summed E-state index contributed by atoms with van der Waals surface area (Å²) in [6.45, 7) is 6.34. The molecule has 0 unspecified atom stereocenters. The highest BCUT2D eigenvalue weighted by atomic mass is 32.2. The Morgan fingerprint density at radius 2 is 1.72 bits per heavy atom. The van der Waals surface area contributed by atoms with Crippen molar-refractivity contribution in [1.29, 1.82) is 0 Å². The van der Waals surface area contributed by atoms with Gasteiger partial charge in [0, 0.05) is 31.7 Å². The number of carbonyl (C=O) groups excluding carboxylic acids is 1. The van der Waals surface area contributed by atoms with Gasteiger partial charge in [0.05, 0.1) is 10.9 Å². The van der Waals surface area contributed by atoms with Crippen molar-refractivity contribution in [3.05, 3.63) is 65.2 Å². The zero-order valence-electron chi connectivity index (χ0n) is 17.3. The lowest BCUT2D eigenvalue weighted by Gasteiger charge is -2.31. The van der Waals surface area contributed by atoms with Crippen LogP contribution in [0.2, 0.25) is 0 Å². The smallest absolute Gasteiger partial charge is 0.251 e. The summed E-state index contributed by atoms with van der Waals surface area (Å²) in [5, 5.41) is 2.96. The molecule has 1 aliphatic heterocycles. The van der Waals surface area contributed by atoms with Gasteiger partial charge in [-0.15, -0.1) is 0 Å². The summed E-state index contributed by atoms with van der Waals surface area (Å²) in [5.41, 5.74) is 2.60. The number of nitrogens with zero attached hydrogens (tertiary/aromatic N) is 2. The Balaban J connectivity index is 1.73. The zero-order chi connectivity index (χ0) is 21.0. The van der Waals surface area contributed by atoms with Gasteiger partial charge in [-0.25, -0.2) is 8.42 Å². The first-order valence-electron chi connectivity index (χ1n) is 9.99. The summed E-state index contributed by atoms with van der Waals surface area (Å²) in [6, 6.07) is 14.3. The number of hydrogen-bond acceptors (Lipinski definition) is 4. The minimum absolute atomic E-state index is 0.162. The number of likely N-dealkylation sites (N-methyl/N-ethyl adjacent to an activating group) is 1.